The van der Waals surface area contributed by atoms with Crippen molar-refractivity contribution < 1.29 is 9.90 Å². The van der Waals surface area contributed by atoms with Crippen molar-refractivity contribution >= 4 is 16.7 Å². The Morgan fingerprint density at radius 3 is 2.74 bits per heavy atom. The van der Waals surface area contributed by atoms with Crippen LogP contribution in [0.15, 0.2) is 42.5 Å². The SMILES string of the molecule is O=C(NC[C@H](O)c1cccc2ccccc12)C1CC1. The van der Waals surface area contributed by atoms with Crippen LogP contribution in [0.2, 0.25) is 0 Å². The molecule has 1 aliphatic carbocycles. The van der Waals surface area contributed by atoms with E-state index in [4.69, 9.17) is 0 Å². The molecule has 0 spiro atoms. The molecule has 1 saturated carbocycles. The number of aliphatic hydroxyl groups excluding tert-OH is 1. The van der Waals surface area contributed by atoms with E-state index in [-0.39, 0.29) is 18.4 Å². The lowest BCUT2D eigenvalue weighted by atomic mass is 10.0. The average molecular weight is 255 g/mol. The Hall–Kier alpha value is -1.87. The van der Waals surface area contributed by atoms with Gasteiger partial charge in [-0.15, -0.1) is 0 Å². The molecule has 3 nitrogen and oxygen atoms in total. The van der Waals surface area contributed by atoms with Gasteiger partial charge in [0.15, 0.2) is 0 Å². The van der Waals surface area contributed by atoms with Crippen molar-refractivity contribution in [2.24, 2.45) is 5.92 Å². The van der Waals surface area contributed by atoms with Crippen molar-refractivity contribution in [2.75, 3.05) is 6.54 Å². The van der Waals surface area contributed by atoms with Gasteiger partial charge in [-0.3, -0.25) is 4.79 Å². The van der Waals surface area contributed by atoms with Crippen LogP contribution >= 0.6 is 0 Å². The molecule has 19 heavy (non-hydrogen) atoms. The fraction of sp³-hybridized carbons (Fsp3) is 0.312. The second-order valence-electron chi connectivity index (χ2n) is 5.10. The Morgan fingerprint density at radius 2 is 1.95 bits per heavy atom. The van der Waals surface area contributed by atoms with Gasteiger partial charge in [0, 0.05) is 12.5 Å². The molecule has 0 bridgehead atoms. The maximum atomic E-state index is 11.6. The number of carbonyl (C=O) groups excluding carboxylic acids is 1. The van der Waals surface area contributed by atoms with Gasteiger partial charge in [-0.05, 0) is 29.2 Å². The van der Waals surface area contributed by atoms with Crippen molar-refractivity contribution in [1.82, 2.24) is 5.32 Å². The Morgan fingerprint density at radius 1 is 1.21 bits per heavy atom. The van der Waals surface area contributed by atoms with E-state index in [9.17, 15) is 9.90 Å². The zero-order valence-electron chi connectivity index (χ0n) is 10.7. The Labute approximate surface area is 112 Å². The van der Waals surface area contributed by atoms with Gasteiger partial charge < -0.3 is 10.4 Å². The summed E-state index contributed by atoms with van der Waals surface area (Å²) in [6.07, 6.45) is 1.31. The van der Waals surface area contributed by atoms with Crippen LogP contribution < -0.4 is 5.32 Å². The first-order valence-electron chi connectivity index (χ1n) is 6.69. The standard InChI is InChI=1S/C16H17NO2/c18-15(10-17-16(19)12-8-9-12)14-7-3-5-11-4-1-2-6-13(11)14/h1-7,12,15,18H,8-10H2,(H,17,19)/t15-/m0/s1. The van der Waals surface area contributed by atoms with Gasteiger partial charge in [-0.2, -0.15) is 0 Å². The number of nitrogens with one attached hydrogen (secondary N) is 1. The van der Waals surface area contributed by atoms with Crippen LogP contribution in [0.4, 0.5) is 0 Å². The van der Waals surface area contributed by atoms with Crippen LogP contribution in [0, 0.1) is 5.92 Å². The molecule has 2 aromatic carbocycles. The summed E-state index contributed by atoms with van der Waals surface area (Å²) < 4.78 is 0. The van der Waals surface area contributed by atoms with Crippen molar-refractivity contribution in [2.45, 2.75) is 18.9 Å². The molecule has 1 atom stereocenters. The van der Waals surface area contributed by atoms with E-state index in [1.165, 1.54) is 0 Å². The number of benzene rings is 2. The number of amides is 1. The van der Waals surface area contributed by atoms with Gasteiger partial charge in [0.25, 0.3) is 0 Å². The van der Waals surface area contributed by atoms with E-state index in [0.29, 0.717) is 0 Å². The summed E-state index contributed by atoms with van der Waals surface area (Å²) >= 11 is 0. The maximum absolute atomic E-state index is 11.6. The molecule has 0 saturated heterocycles. The monoisotopic (exact) mass is 255 g/mol. The topological polar surface area (TPSA) is 49.3 Å². The van der Waals surface area contributed by atoms with E-state index in [0.717, 1.165) is 29.2 Å². The van der Waals surface area contributed by atoms with Crippen molar-refractivity contribution in [3.05, 3.63) is 48.0 Å². The highest BCUT2D eigenvalue weighted by molar-refractivity contribution is 5.86. The van der Waals surface area contributed by atoms with Crippen LogP contribution in [0.25, 0.3) is 10.8 Å². The fourth-order valence-corrected chi connectivity index (χ4v) is 2.34. The van der Waals surface area contributed by atoms with Gasteiger partial charge in [0.05, 0.1) is 6.10 Å². The predicted molar refractivity (Wildman–Crippen MR) is 74.6 cm³/mol. The number of fused-ring (bicyclic) bond motifs is 1. The molecule has 0 heterocycles. The summed E-state index contributed by atoms with van der Waals surface area (Å²) in [5, 5.41) is 15.2. The zero-order chi connectivity index (χ0) is 13.2. The van der Waals surface area contributed by atoms with E-state index >= 15 is 0 Å². The summed E-state index contributed by atoms with van der Waals surface area (Å²) in [6.45, 7) is 0.281. The second kappa shape index (κ2) is 5.02. The van der Waals surface area contributed by atoms with Crippen LogP contribution in [0.3, 0.4) is 0 Å². The highest BCUT2D eigenvalue weighted by Gasteiger charge is 2.29. The third kappa shape index (κ3) is 2.61. The van der Waals surface area contributed by atoms with Gasteiger partial charge in [0.2, 0.25) is 5.91 Å². The molecule has 3 rings (SSSR count). The molecule has 1 amide bonds. The van der Waals surface area contributed by atoms with E-state index in [1.54, 1.807) is 0 Å². The molecule has 1 fully saturated rings. The van der Waals surface area contributed by atoms with Crippen LogP contribution in [0.1, 0.15) is 24.5 Å². The third-order valence-corrected chi connectivity index (χ3v) is 3.60. The lowest BCUT2D eigenvalue weighted by Gasteiger charge is -2.14. The van der Waals surface area contributed by atoms with Crippen molar-refractivity contribution in [3.63, 3.8) is 0 Å². The third-order valence-electron chi connectivity index (χ3n) is 3.60. The van der Waals surface area contributed by atoms with Gasteiger partial charge in [0.1, 0.15) is 0 Å². The van der Waals surface area contributed by atoms with Gasteiger partial charge in [-0.1, -0.05) is 42.5 Å². The summed E-state index contributed by atoms with van der Waals surface area (Å²) in [7, 11) is 0. The lowest BCUT2D eigenvalue weighted by molar-refractivity contribution is -0.122. The van der Waals surface area contributed by atoms with Gasteiger partial charge in [-0.25, -0.2) is 0 Å². The number of carbonyl (C=O) groups is 1. The second-order valence-corrected chi connectivity index (χ2v) is 5.10. The largest absolute Gasteiger partial charge is 0.387 e. The minimum Gasteiger partial charge on any atom is -0.387 e. The first-order valence-corrected chi connectivity index (χ1v) is 6.69. The van der Waals surface area contributed by atoms with Crippen LogP contribution in [-0.4, -0.2) is 17.6 Å². The molecule has 98 valence electrons. The normalized spacial score (nSPS) is 16.3. The maximum Gasteiger partial charge on any atom is 0.223 e. The molecular weight excluding hydrogens is 238 g/mol. The Kier molecular flexibility index (Phi) is 3.22. The quantitative estimate of drug-likeness (QED) is 0.881. The van der Waals surface area contributed by atoms with Crippen molar-refractivity contribution in [3.8, 4) is 0 Å². The number of rotatable bonds is 4. The molecule has 0 unspecified atom stereocenters. The summed E-state index contributed by atoms with van der Waals surface area (Å²) in [6, 6.07) is 13.8. The van der Waals surface area contributed by atoms with Crippen LogP contribution in [0.5, 0.6) is 0 Å². The van der Waals surface area contributed by atoms with Crippen molar-refractivity contribution in [1.29, 1.82) is 0 Å². The molecule has 0 aromatic heterocycles. The minimum atomic E-state index is -0.659. The van der Waals surface area contributed by atoms with E-state index in [1.807, 2.05) is 42.5 Å². The Balaban J connectivity index is 1.77. The highest BCUT2D eigenvalue weighted by atomic mass is 16.3. The predicted octanol–water partition coefficient (Wildman–Crippen LogP) is 2.40. The summed E-state index contributed by atoms with van der Waals surface area (Å²) in [5.41, 5.74) is 0.870. The number of hydrogen-bond donors (Lipinski definition) is 2. The molecule has 1 aliphatic rings. The lowest BCUT2D eigenvalue weighted by Crippen LogP contribution is -2.29. The average Bonchev–Trinajstić information content (AvgIpc) is 3.28. The Bertz CT molecular complexity index is 599. The van der Waals surface area contributed by atoms with E-state index < -0.39 is 6.10 Å². The molecule has 2 N–H and O–H groups in total. The molecule has 0 aliphatic heterocycles. The van der Waals surface area contributed by atoms with Gasteiger partial charge >= 0.3 is 0 Å². The first-order chi connectivity index (χ1) is 9.25. The van der Waals surface area contributed by atoms with E-state index in [2.05, 4.69) is 5.32 Å². The summed E-state index contributed by atoms with van der Waals surface area (Å²) in [4.78, 5) is 11.6. The molecule has 2 aromatic rings. The molecule has 3 heteroatoms. The zero-order valence-corrected chi connectivity index (χ0v) is 10.7. The number of aliphatic hydroxyl groups is 1. The fourth-order valence-electron chi connectivity index (χ4n) is 2.34. The summed E-state index contributed by atoms with van der Waals surface area (Å²) in [5.74, 6) is 0.249. The number of hydrogen-bond acceptors (Lipinski definition) is 2. The highest BCUT2D eigenvalue weighted by Crippen LogP contribution is 2.29. The smallest absolute Gasteiger partial charge is 0.223 e. The van der Waals surface area contributed by atoms with Crippen LogP contribution in [-0.2, 0) is 4.79 Å². The molecule has 0 radical (unpaired) electrons. The molecular formula is C16H17NO2. The minimum absolute atomic E-state index is 0.0688. The first kappa shape index (κ1) is 12.2.